The Morgan fingerprint density at radius 2 is 2.04 bits per heavy atom. The molecule has 2 fully saturated rings. The average Bonchev–Trinajstić information content (AvgIpc) is 2.62. The van der Waals surface area contributed by atoms with E-state index in [0.717, 1.165) is 63.2 Å². The number of aliphatic hydroxyl groups is 1. The smallest absolute Gasteiger partial charge is 0.191 e. The van der Waals surface area contributed by atoms with E-state index >= 15 is 0 Å². The number of rotatable bonds is 6. The van der Waals surface area contributed by atoms with E-state index in [1.807, 2.05) is 6.92 Å². The van der Waals surface area contributed by atoms with Crippen LogP contribution in [0.4, 0.5) is 0 Å². The van der Waals surface area contributed by atoms with Gasteiger partial charge in [0.15, 0.2) is 5.96 Å². The highest BCUT2D eigenvalue weighted by Crippen LogP contribution is 2.36. The summed E-state index contributed by atoms with van der Waals surface area (Å²) in [5, 5.41) is 17.6. The van der Waals surface area contributed by atoms with Crippen molar-refractivity contribution in [1.29, 1.82) is 0 Å². The lowest BCUT2D eigenvalue weighted by molar-refractivity contribution is 0.00715. The van der Waals surface area contributed by atoms with Crippen molar-refractivity contribution in [2.24, 2.45) is 10.4 Å². The van der Waals surface area contributed by atoms with Crippen LogP contribution in [0.1, 0.15) is 72.1 Å². The quantitative estimate of drug-likeness (QED) is 0.496. The van der Waals surface area contributed by atoms with Crippen molar-refractivity contribution < 1.29 is 9.32 Å². The molecular formula is C19H37N3O2S. The Morgan fingerprint density at radius 1 is 1.24 bits per heavy atom. The van der Waals surface area contributed by atoms with Crippen molar-refractivity contribution in [2.45, 2.75) is 89.5 Å². The molecule has 0 amide bonds. The second-order valence-electron chi connectivity index (χ2n) is 7.91. The molecule has 6 heteroatoms. The fraction of sp³-hybridized carbons (Fsp3) is 0.947. The molecule has 25 heavy (non-hydrogen) atoms. The summed E-state index contributed by atoms with van der Waals surface area (Å²) in [5.41, 5.74) is -0.112. The summed E-state index contributed by atoms with van der Waals surface area (Å²) in [6, 6.07) is 0.344. The minimum atomic E-state index is -0.705. The number of hydrogen-bond donors (Lipinski definition) is 3. The first kappa shape index (κ1) is 20.7. The van der Waals surface area contributed by atoms with Gasteiger partial charge in [-0.3, -0.25) is 9.20 Å². The van der Waals surface area contributed by atoms with Gasteiger partial charge in [-0.25, -0.2) is 0 Å². The van der Waals surface area contributed by atoms with Gasteiger partial charge >= 0.3 is 0 Å². The molecule has 5 unspecified atom stereocenters. The van der Waals surface area contributed by atoms with Crippen LogP contribution in [0.2, 0.25) is 0 Å². The molecule has 2 saturated carbocycles. The molecule has 0 aromatic rings. The summed E-state index contributed by atoms with van der Waals surface area (Å²) in [6.07, 6.45) is 8.27. The first-order chi connectivity index (χ1) is 12.0. The Balaban J connectivity index is 1.96. The van der Waals surface area contributed by atoms with E-state index in [0.29, 0.717) is 17.8 Å². The molecule has 0 saturated heterocycles. The molecule has 0 aromatic heterocycles. The molecule has 0 aliphatic heterocycles. The first-order valence-corrected chi connectivity index (χ1v) is 11.5. The van der Waals surface area contributed by atoms with Crippen LogP contribution < -0.4 is 10.6 Å². The summed E-state index contributed by atoms with van der Waals surface area (Å²) in [6.45, 7) is 7.71. The van der Waals surface area contributed by atoms with Gasteiger partial charge in [0.1, 0.15) is 0 Å². The van der Waals surface area contributed by atoms with Crippen molar-refractivity contribution in [3.63, 3.8) is 0 Å². The van der Waals surface area contributed by atoms with Gasteiger partial charge in [-0.15, -0.1) is 0 Å². The van der Waals surface area contributed by atoms with E-state index in [1.54, 1.807) is 0 Å². The normalized spacial score (nSPS) is 35.2. The predicted octanol–water partition coefficient (Wildman–Crippen LogP) is 2.56. The number of nitrogens with zero attached hydrogens (tertiary/aromatic N) is 1. The molecule has 2 aliphatic carbocycles. The zero-order valence-electron chi connectivity index (χ0n) is 16.2. The van der Waals surface area contributed by atoms with E-state index in [9.17, 15) is 9.32 Å². The third-order valence-electron chi connectivity index (χ3n) is 5.85. The Kier molecular flexibility index (Phi) is 8.20. The summed E-state index contributed by atoms with van der Waals surface area (Å²) in [4.78, 5) is 4.80. The SMILES string of the molecule is CCNC(=NCC1(C)CCCCC1O)NC1CCCC(S(=O)CC)C1. The topological polar surface area (TPSA) is 73.7 Å². The number of guanidine groups is 1. The monoisotopic (exact) mass is 371 g/mol. The predicted molar refractivity (Wildman–Crippen MR) is 106 cm³/mol. The Hall–Kier alpha value is -0.620. The third-order valence-corrected chi connectivity index (χ3v) is 7.59. The number of hydrogen-bond acceptors (Lipinski definition) is 3. The van der Waals surface area contributed by atoms with Crippen molar-refractivity contribution in [3.8, 4) is 0 Å². The fourth-order valence-corrected chi connectivity index (χ4v) is 5.44. The maximum Gasteiger partial charge on any atom is 0.191 e. The van der Waals surface area contributed by atoms with E-state index in [2.05, 4.69) is 24.5 Å². The average molecular weight is 372 g/mol. The lowest BCUT2D eigenvalue weighted by Gasteiger charge is -2.37. The van der Waals surface area contributed by atoms with Crippen molar-refractivity contribution in [2.75, 3.05) is 18.8 Å². The van der Waals surface area contributed by atoms with Gasteiger partial charge in [0.2, 0.25) is 0 Å². The summed E-state index contributed by atoms with van der Waals surface area (Å²) >= 11 is 0. The molecule has 146 valence electrons. The highest BCUT2D eigenvalue weighted by Gasteiger charge is 2.35. The van der Waals surface area contributed by atoms with Gasteiger partial charge in [0.05, 0.1) is 12.6 Å². The number of aliphatic hydroxyl groups excluding tert-OH is 1. The van der Waals surface area contributed by atoms with E-state index in [4.69, 9.17) is 4.99 Å². The zero-order chi connectivity index (χ0) is 18.3. The highest BCUT2D eigenvalue weighted by atomic mass is 32.2. The lowest BCUT2D eigenvalue weighted by atomic mass is 9.73. The first-order valence-electron chi connectivity index (χ1n) is 10.1. The summed E-state index contributed by atoms with van der Waals surface area (Å²) in [7, 11) is -0.705. The maximum atomic E-state index is 12.1. The Labute approximate surface area is 155 Å². The molecule has 3 N–H and O–H groups in total. The van der Waals surface area contributed by atoms with Crippen LogP contribution in [0.15, 0.2) is 4.99 Å². The van der Waals surface area contributed by atoms with Gasteiger partial charge in [-0.2, -0.15) is 0 Å². The fourth-order valence-electron chi connectivity index (χ4n) is 4.09. The minimum Gasteiger partial charge on any atom is -0.392 e. The highest BCUT2D eigenvalue weighted by molar-refractivity contribution is 7.85. The second kappa shape index (κ2) is 9.91. The molecule has 2 aliphatic rings. The molecule has 0 radical (unpaired) electrons. The molecule has 0 spiro atoms. The lowest BCUT2D eigenvalue weighted by Crippen LogP contribution is -2.47. The van der Waals surface area contributed by atoms with Crippen LogP contribution in [0.5, 0.6) is 0 Å². The molecule has 0 bridgehead atoms. The summed E-state index contributed by atoms with van der Waals surface area (Å²) in [5.74, 6) is 1.59. The molecule has 2 rings (SSSR count). The number of aliphatic imine (C=N–C) groups is 1. The van der Waals surface area contributed by atoms with Crippen LogP contribution in [-0.2, 0) is 10.8 Å². The number of nitrogens with one attached hydrogen (secondary N) is 2. The summed E-state index contributed by atoms with van der Waals surface area (Å²) < 4.78 is 12.1. The second-order valence-corrected chi connectivity index (χ2v) is 9.92. The standard InChI is InChI=1S/C19H37N3O2S/c1-4-20-18(21-14-19(3)12-7-6-11-17(19)23)22-15-9-8-10-16(13-15)25(24)5-2/h15-17,23H,4-14H2,1-3H3,(H2,20,21,22). The third kappa shape index (κ3) is 5.95. The van der Waals surface area contributed by atoms with Gasteiger partial charge in [-0.1, -0.05) is 33.1 Å². The van der Waals surface area contributed by atoms with Gasteiger partial charge in [0.25, 0.3) is 0 Å². The van der Waals surface area contributed by atoms with Crippen LogP contribution in [0.25, 0.3) is 0 Å². The van der Waals surface area contributed by atoms with Gasteiger partial charge in [0, 0.05) is 39.8 Å². The molecule has 5 nitrogen and oxygen atoms in total. The maximum absolute atomic E-state index is 12.1. The molecule has 5 atom stereocenters. The van der Waals surface area contributed by atoms with Crippen LogP contribution in [0.3, 0.4) is 0 Å². The zero-order valence-corrected chi connectivity index (χ0v) is 17.0. The van der Waals surface area contributed by atoms with Crippen molar-refractivity contribution in [3.05, 3.63) is 0 Å². The van der Waals surface area contributed by atoms with Crippen molar-refractivity contribution in [1.82, 2.24) is 10.6 Å². The Morgan fingerprint density at radius 3 is 2.72 bits per heavy atom. The molecular weight excluding hydrogens is 334 g/mol. The van der Waals surface area contributed by atoms with E-state index in [-0.39, 0.29) is 11.5 Å². The van der Waals surface area contributed by atoms with E-state index < -0.39 is 10.8 Å². The van der Waals surface area contributed by atoms with Crippen molar-refractivity contribution >= 4 is 16.8 Å². The van der Waals surface area contributed by atoms with E-state index in [1.165, 1.54) is 6.42 Å². The van der Waals surface area contributed by atoms with Gasteiger partial charge in [-0.05, 0) is 39.0 Å². The Bertz CT molecular complexity index is 472. The van der Waals surface area contributed by atoms with Crippen LogP contribution in [-0.4, -0.2) is 51.5 Å². The largest absolute Gasteiger partial charge is 0.392 e. The van der Waals surface area contributed by atoms with Crippen LogP contribution in [0, 0.1) is 5.41 Å². The minimum absolute atomic E-state index is 0.112. The van der Waals surface area contributed by atoms with Crippen LogP contribution >= 0.6 is 0 Å². The molecule has 0 heterocycles. The van der Waals surface area contributed by atoms with Gasteiger partial charge < -0.3 is 15.7 Å². The molecule has 0 aromatic carbocycles.